The standard InChI is InChI=1S/C21H14N2OS/c1-14-6-8-15(9-7-14)19-11-10-17(24-19)12-16(13-22)21-23-18-4-2-3-5-20(18)25-21/h2-12H,1H3/b16-12+. The number of furan rings is 1. The van der Waals surface area contributed by atoms with Crippen molar-refractivity contribution >= 4 is 33.2 Å². The van der Waals surface area contributed by atoms with Gasteiger partial charge in [0.2, 0.25) is 0 Å². The predicted octanol–water partition coefficient (Wildman–Crippen LogP) is 5.93. The van der Waals surface area contributed by atoms with Gasteiger partial charge < -0.3 is 4.42 Å². The summed E-state index contributed by atoms with van der Waals surface area (Å²) in [6.45, 7) is 2.05. The third kappa shape index (κ3) is 3.10. The van der Waals surface area contributed by atoms with Crippen LogP contribution in [0.15, 0.2) is 65.1 Å². The number of thiazole rings is 1. The van der Waals surface area contributed by atoms with Gasteiger partial charge in [0.1, 0.15) is 22.6 Å². The minimum atomic E-state index is 0.506. The Morgan fingerprint density at radius 2 is 1.88 bits per heavy atom. The van der Waals surface area contributed by atoms with Crippen molar-refractivity contribution in [3.63, 3.8) is 0 Å². The summed E-state index contributed by atoms with van der Waals surface area (Å²) in [6, 6.07) is 22.1. The summed E-state index contributed by atoms with van der Waals surface area (Å²) in [5.74, 6) is 1.43. The van der Waals surface area contributed by atoms with E-state index in [2.05, 4.69) is 30.1 Å². The van der Waals surface area contributed by atoms with Crippen molar-refractivity contribution in [1.82, 2.24) is 4.98 Å². The van der Waals surface area contributed by atoms with Gasteiger partial charge in [-0.1, -0.05) is 42.0 Å². The Kier molecular flexibility index (Phi) is 3.93. The van der Waals surface area contributed by atoms with E-state index in [9.17, 15) is 5.26 Å². The van der Waals surface area contributed by atoms with Crippen LogP contribution in [-0.2, 0) is 0 Å². The van der Waals surface area contributed by atoms with E-state index in [4.69, 9.17) is 4.42 Å². The molecule has 0 radical (unpaired) electrons. The number of aryl methyl sites for hydroxylation is 1. The van der Waals surface area contributed by atoms with Crippen molar-refractivity contribution < 1.29 is 4.42 Å². The highest BCUT2D eigenvalue weighted by atomic mass is 32.1. The number of rotatable bonds is 3. The Bertz CT molecular complexity index is 1080. The SMILES string of the molecule is Cc1ccc(-c2ccc(/C=C(\C#N)c3nc4ccccc4s3)o2)cc1. The van der Waals surface area contributed by atoms with E-state index in [-0.39, 0.29) is 0 Å². The molecule has 0 aliphatic rings. The number of hydrogen-bond donors (Lipinski definition) is 0. The van der Waals surface area contributed by atoms with E-state index >= 15 is 0 Å². The van der Waals surface area contributed by atoms with Crippen LogP contribution in [-0.4, -0.2) is 4.98 Å². The van der Waals surface area contributed by atoms with Gasteiger partial charge in [-0.05, 0) is 31.2 Å². The summed E-state index contributed by atoms with van der Waals surface area (Å²) < 4.78 is 6.95. The summed E-state index contributed by atoms with van der Waals surface area (Å²) in [7, 11) is 0. The van der Waals surface area contributed by atoms with E-state index in [1.54, 1.807) is 6.08 Å². The van der Waals surface area contributed by atoms with Gasteiger partial charge >= 0.3 is 0 Å². The van der Waals surface area contributed by atoms with Crippen molar-refractivity contribution in [2.24, 2.45) is 0 Å². The zero-order valence-electron chi connectivity index (χ0n) is 13.6. The fraction of sp³-hybridized carbons (Fsp3) is 0.0476. The van der Waals surface area contributed by atoms with Crippen LogP contribution in [0.2, 0.25) is 0 Å². The normalized spacial score (nSPS) is 11.6. The summed E-state index contributed by atoms with van der Waals surface area (Å²) in [4.78, 5) is 4.54. The molecule has 0 unspecified atom stereocenters. The number of nitriles is 1. The molecule has 0 bridgehead atoms. The van der Waals surface area contributed by atoms with Gasteiger partial charge in [0, 0.05) is 11.6 Å². The first-order chi connectivity index (χ1) is 12.2. The molecule has 3 nitrogen and oxygen atoms in total. The lowest BCUT2D eigenvalue weighted by molar-refractivity contribution is 0.572. The molecule has 0 atom stereocenters. The number of allylic oxidation sites excluding steroid dienone is 1. The van der Waals surface area contributed by atoms with Crippen molar-refractivity contribution in [2.45, 2.75) is 6.92 Å². The first-order valence-electron chi connectivity index (χ1n) is 7.87. The monoisotopic (exact) mass is 342 g/mol. The molecule has 25 heavy (non-hydrogen) atoms. The van der Waals surface area contributed by atoms with Gasteiger partial charge in [-0.15, -0.1) is 11.3 Å². The molecular formula is C21H14N2OS. The highest BCUT2D eigenvalue weighted by molar-refractivity contribution is 7.19. The Balaban J connectivity index is 1.69. The van der Waals surface area contributed by atoms with E-state index in [0.717, 1.165) is 21.5 Å². The van der Waals surface area contributed by atoms with Crippen LogP contribution in [0.4, 0.5) is 0 Å². The molecule has 120 valence electrons. The molecule has 4 rings (SSSR count). The van der Waals surface area contributed by atoms with Crippen LogP contribution >= 0.6 is 11.3 Å². The highest BCUT2D eigenvalue weighted by Crippen LogP contribution is 2.29. The number of fused-ring (bicyclic) bond motifs is 1. The Hall–Kier alpha value is -3.16. The van der Waals surface area contributed by atoms with E-state index in [1.165, 1.54) is 16.9 Å². The molecule has 0 aliphatic carbocycles. The van der Waals surface area contributed by atoms with Gasteiger partial charge in [-0.2, -0.15) is 5.26 Å². The minimum absolute atomic E-state index is 0.506. The molecule has 0 saturated carbocycles. The first-order valence-corrected chi connectivity index (χ1v) is 8.69. The highest BCUT2D eigenvalue weighted by Gasteiger charge is 2.10. The number of hydrogen-bond acceptors (Lipinski definition) is 4. The quantitative estimate of drug-likeness (QED) is 0.434. The van der Waals surface area contributed by atoms with Crippen LogP contribution in [0.3, 0.4) is 0 Å². The van der Waals surface area contributed by atoms with Gasteiger partial charge in [0.25, 0.3) is 0 Å². The third-order valence-corrected chi connectivity index (χ3v) is 4.96. The third-order valence-electron chi connectivity index (χ3n) is 3.89. The number of nitrogens with zero attached hydrogens (tertiary/aromatic N) is 2. The number of para-hydroxylation sites is 1. The van der Waals surface area contributed by atoms with Crippen LogP contribution in [0.5, 0.6) is 0 Å². The lowest BCUT2D eigenvalue weighted by Crippen LogP contribution is -1.79. The van der Waals surface area contributed by atoms with Crippen molar-refractivity contribution in [3.05, 3.63) is 77.0 Å². The molecule has 2 aromatic heterocycles. The summed E-state index contributed by atoms with van der Waals surface area (Å²) in [6.07, 6.45) is 1.75. The molecule has 2 heterocycles. The maximum absolute atomic E-state index is 9.53. The van der Waals surface area contributed by atoms with Gasteiger partial charge in [-0.3, -0.25) is 0 Å². The van der Waals surface area contributed by atoms with Crippen molar-refractivity contribution in [1.29, 1.82) is 5.26 Å². The Morgan fingerprint density at radius 3 is 2.64 bits per heavy atom. The second-order valence-electron chi connectivity index (χ2n) is 5.72. The van der Waals surface area contributed by atoms with Crippen molar-refractivity contribution in [3.8, 4) is 17.4 Å². The molecule has 0 N–H and O–H groups in total. The topological polar surface area (TPSA) is 49.8 Å². The molecular weight excluding hydrogens is 328 g/mol. The van der Waals surface area contributed by atoms with E-state index < -0.39 is 0 Å². The number of benzene rings is 2. The van der Waals surface area contributed by atoms with Gasteiger partial charge in [0.15, 0.2) is 0 Å². The molecule has 4 aromatic rings. The second-order valence-corrected chi connectivity index (χ2v) is 6.76. The maximum Gasteiger partial charge on any atom is 0.135 e. The van der Waals surface area contributed by atoms with Crippen LogP contribution in [0, 0.1) is 18.3 Å². The van der Waals surface area contributed by atoms with Gasteiger partial charge in [0.05, 0.1) is 15.8 Å². The van der Waals surface area contributed by atoms with E-state index in [0.29, 0.717) is 16.3 Å². The van der Waals surface area contributed by atoms with E-state index in [1.807, 2.05) is 48.5 Å². The smallest absolute Gasteiger partial charge is 0.135 e. The Morgan fingerprint density at radius 1 is 1.08 bits per heavy atom. The lowest BCUT2D eigenvalue weighted by Gasteiger charge is -1.97. The fourth-order valence-electron chi connectivity index (χ4n) is 2.57. The minimum Gasteiger partial charge on any atom is -0.457 e. The first kappa shape index (κ1) is 15.4. The lowest BCUT2D eigenvalue weighted by atomic mass is 10.1. The van der Waals surface area contributed by atoms with Crippen molar-refractivity contribution in [2.75, 3.05) is 0 Å². The Labute approximate surface area is 149 Å². The zero-order valence-corrected chi connectivity index (χ0v) is 14.4. The fourth-order valence-corrected chi connectivity index (χ4v) is 3.51. The molecule has 0 saturated heterocycles. The molecule has 0 spiro atoms. The molecule has 2 aromatic carbocycles. The largest absolute Gasteiger partial charge is 0.457 e. The predicted molar refractivity (Wildman–Crippen MR) is 102 cm³/mol. The summed E-state index contributed by atoms with van der Waals surface area (Å²) in [5.41, 5.74) is 3.64. The van der Waals surface area contributed by atoms with Crippen LogP contribution in [0.25, 0.3) is 33.2 Å². The maximum atomic E-state index is 9.53. The molecule has 0 fully saturated rings. The van der Waals surface area contributed by atoms with Crippen LogP contribution in [0.1, 0.15) is 16.3 Å². The summed E-state index contributed by atoms with van der Waals surface area (Å²) >= 11 is 1.51. The molecule has 0 amide bonds. The second kappa shape index (κ2) is 6.39. The average molecular weight is 342 g/mol. The summed E-state index contributed by atoms with van der Waals surface area (Å²) in [5, 5.41) is 10.2. The average Bonchev–Trinajstić information content (AvgIpc) is 3.27. The van der Waals surface area contributed by atoms with Crippen LogP contribution < -0.4 is 0 Å². The number of aromatic nitrogens is 1. The molecule has 4 heteroatoms. The molecule has 0 aliphatic heterocycles. The zero-order chi connectivity index (χ0) is 17.2. The van der Waals surface area contributed by atoms with Gasteiger partial charge in [-0.25, -0.2) is 4.98 Å².